The summed E-state index contributed by atoms with van der Waals surface area (Å²) in [7, 11) is 7.22. The minimum atomic E-state index is -0.242. The number of hydrogen-bond donors (Lipinski definition) is 1. The number of carbonyl (C=O) groups excluding carboxylic acids is 1. The Hall–Kier alpha value is -3.36. The van der Waals surface area contributed by atoms with Crippen LogP contribution in [0.15, 0.2) is 59.2 Å². The number of rotatable bonds is 12. The van der Waals surface area contributed by atoms with E-state index >= 15 is 0 Å². The van der Waals surface area contributed by atoms with Crippen molar-refractivity contribution in [3.8, 4) is 11.5 Å². The molecule has 3 rings (SSSR count). The van der Waals surface area contributed by atoms with Gasteiger partial charge in [-0.25, -0.2) is 4.98 Å². The van der Waals surface area contributed by atoms with Gasteiger partial charge in [-0.15, -0.1) is 0 Å². The highest BCUT2D eigenvalue weighted by atomic mass is 16.5. The molecule has 8 heteroatoms. The number of nitrogens with zero attached hydrogens (tertiary/aromatic N) is 3. The van der Waals surface area contributed by atoms with Crippen LogP contribution < -0.4 is 14.8 Å². The summed E-state index contributed by atoms with van der Waals surface area (Å²) in [6.07, 6.45) is 1.41. The lowest BCUT2D eigenvalue weighted by Gasteiger charge is -2.29. The van der Waals surface area contributed by atoms with Crippen LogP contribution in [0, 0.1) is 0 Å². The fourth-order valence-corrected chi connectivity index (χ4v) is 3.64. The molecule has 0 aliphatic heterocycles. The number of oxazole rings is 1. The van der Waals surface area contributed by atoms with E-state index in [4.69, 9.17) is 13.9 Å². The minimum absolute atomic E-state index is 0.0568. The van der Waals surface area contributed by atoms with Crippen LogP contribution >= 0.6 is 0 Å². The highest BCUT2D eigenvalue weighted by molar-refractivity contribution is 5.91. The lowest BCUT2D eigenvalue weighted by atomic mass is 10.1. The Labute approximate surface area is 201 Å². The summed E-state index contributed by atoms with van der Waals surface area (Å²) in [6.45, 7) is 4.42. The van der Waals surface area contributed by atoms with Gasteiger partial charge in [-0.1, -0.05) is 30.3 Å². The van der Waals surface area contributed by atoms with Gasteiger partial charge in [0, 0.05) is 31.2 Å². The first-order valence-electron chi connectivity index (χ1n) is 11.3. The maximum Gasteiger partial charge on any atom is 0.273 e. The molecule has 1 heterocycles. The molecule has 0 saturated carbocycles. The predicted molar refractivity (Wildman–Crippen MR) is 131 cm³/mol. The van der Waals surface area contributed by atoms with Gasteiger partial charge in [-0.2, -0.15) is 0 Å². The molecule has 1 atom stereocenters. The van der Waals surface area contributed by atoms with E-state index < -0.39 is 0 Å². The number of methoxy groups -OCH3 is 2. The maximum absolute atomic E-state index is 12.4. The smallest absolute Gasteiger partial charge is 0.273 e. The number of ether oxygens (including phenoxy) is 2. The quantitative estimate of drug-likeness (QED) is 0.435. The van der Waals surface area contributed by atoms with E-state index in [0.717, 1.165) is 29.2 Å². The molecule has 1 aromatic heterocycles. The number of carbonyl (C=O) groups is 1. The van der Waals surface area contributed by atoms with Crippen LogP contribution in [0.3, 0.4) is 0 Å². The summed E-state index contributed by atoms with van der Waals surface area (Å²) >= 11 is 0. The third-order valence-corrected chi connectivity index (χ3v) is 5.66. The normalized spacial score (nSPS) is 12.1. The second-order valence-electron chi connectivity index (χ2n) is 8.36. The van der Waals surface area contributed by atoms with E-state index in [2.05, 4.69) is 34.3 Å². The zero-order chi connectivity index (χ0) is 24.5. The second-order valence-corrected chi connectivity index (χ2v) is 8.36. The van der Waals surface area contributed by atoms with Crippen molar-refractivity contribution < 1.29 is 18.7 Å². The largest absolute Gasteiger partial charge is 0.497 e. The monoisotopic (exact) mass is 466 g/mol. The number of likely N-dealkylation sites (N-methyl/N-ethyl adjacent to an activating group) is 1. The average Bonchev–Trinajstić information content (AvgIpc) is 3.32. The van der Waals surface area contributed by atoms with E-state index in [-0.39, 0.29) is 17.6 Å². The van der Waals surface area contributed by atoms with Crippen molar-refractivity contribution in [1.29, 1.82) is 0 Å². The van der Waals surface area contributed by atoms with Gasteiger partial charge < -0.3 is 24.1 Å². The predicted octanol–water partition coefficient (Wildman–Crippen LogP) is 3.75. The molecule has 8 nitrogen and oxygen atoms in total. The zero-order valence-electron chi connectivity index (χ0n) is 20.6. The molecule has 1 N–H and O–H groups in total. The van der Waals surface area contributed by atoms with Crippen molar-refractivity contribution in [2.45, 2.75) is 26.1 Å². The Morgan fingerprint density at radius 2 is 1.85 bits per heavy atom. The van der Waals surface area contributed by atoms with Crippen LogP contribution in [0.1, 0.15) is 40.5 Å². The fraction of sp³-hybridized carbons (Fsp3) is 0.385. The van der Waals surface area contributed by atoms with Crippen LogP contribution in [0.5, 0.6) is 11.5 Å². The van der Waals surface area contributed by atoms with Gasteiger partial charge in [-0.3, -0.25) is 9.69 Å². The molecule has 0 radical (unpaired) electrons. The lowest BCUT2D eigenvalue weighted by molar-refractivity contribution is 0.0946. The molecule has 1 amide bonds. The van der Waals surface area contributed by atoms with Gasteiger partial charge in [-0.05, 0) is 44.8 Å². The topological polar surface area (TPSA) is 80.1 Å². The van der Waals surface area contributed by atoms with Crippen molar-refractivity contribution >= 4 is 5.91 Å². The molecular formula is C26H34N4O4. The number of amides is 1. The Bertz CT molecular complexity index is 1050. The molecule has 0 fully saturated rings. The standard InChI is InChI=1S/C26H34N4O4/c1-19(20-9-7-6-8-10-20)30(16-21-15-22(32-4)11-12-24(21)33-5)17-25-28-23(18-34-25)26(31)27-13-14-29(2)3/h6-12,15,18-19H,13-14,16-17H2,1-5H3,(H,27,31). The van der Waals surface area contributed by atoms with Crippen molar-refractivity contribution in [3.05, 3.63) is 77.5 Å². The molecule has 0 spiro atoms. The van der Waals surface area contributed by atoms with Crippen molar-refractivity contribution in [3.63, 3.8) is 0 Å². The number of hydrogen-bond acceptors (Lipinski definition) is 7. The maximum atomic E-state index is 12.4. The van der Waals surface area contributed by atoms with Crippen LogP contribution in [0.4, 0.5) is 0 Å². The number of aromatic nitrogens is 1. The van der Waals surface area contributed by atoms with Gasteiger partial charge in [0.2, 0.25) is 5.89 Å². The highest BCUT2D eigenvalue weighted by Gasteiger charge is 2.22. The highest BCUT2D eigenvalue weighted by Crippen LogP contribution is 2.30. The molecule has 3 aromatic rings. The van der Waals surface area contributed by atoms with Gasteiger partial charge in [0.25, 0.3) is 5.91 Å². The van der Waals surface area contributed by atoms with Gasteiger partial charge in [0.1, 0.15) is 17.8 Å². The first kappa shape index (κ1) is 25.3. The molecule has 1 unspecified atom stereocenters. The molecule has 34 heavy (non-hydrogen) atoms. The second kappa shape index (κ2) is 12.2. The van der Waals surface area contributed by atoms with Crippen LogP contribution in [-0.4, -0.2) is 62.1 Å². The average molecular weight is 467 g/mol. The van der Waals surface area contributed by atoms with Crippen LogP contribution in [-0.2, 0) is 13.1 Å². The number of nitrogens with one attached hydrogen (secondary N) is 1. The van der Waals surface area contributed by atoms with Crippen LogP contribution in [0.25, 0.3) is 0 Å². The van der Waals surface area contributed by atoms with Gasteiger partial charge in [0.15, 0.2) is 5.69 Å². The van der Waals surface area contributed by atoms with Crippen molar-refractivity contribution in [1.82, 2.24) is 20.1 Å². The van der Waals surface area contributed by atoms with Gasteiger partial charge >= 0.3 is 0 Å². The summed E-state index contributed by atoms with van der Waals surface area (Å²) in [5.41, 5.74) is 2.43. The Morgan fingerprint density at radius 1 is 1.09 bits per heavy atom. The Morgan fingerprint density at radius 3 is 2.53 bits per heavy atom. The minimum Gasteiger partial charge on any atom is -0.497 e. The Kier molecular flexibility index (Phi) is 9.07. The SMILES string of the molecule is COc1ccc(OC)c(CN(Cc2nc(C(=O)NCCN(C)C)co2)C(C)c2ccccc2)c1. The van der Waals surface area contributed by atoms with E-state index in [0.29, 0.717) is 25.5 Å². The van der Waals surface area contributed by atoms with Gasteiger partial charge in [0.05, 0.1) is 20.8 Å². The summed E-state index contributed by atoms with van der Waals surface area (Å²) in [5, 5.41) is 2.87. The van der Waals surface area contributed by atoms with E-state index in [1.54, 1.807) is 14.2 Å². The summed E-state index contributed by atoms with van der Waals surface area (Å²) in [5.74, 6) is 1.77. The third-order valence-electron chi connectivity index (χ3n) is 5.66. The van der Waals surface area contributed by atoms with Crippen molar-refractivity contribution in [2.75, 3.05) is 41.4 Å². The fourth-order valence-electron chi connectivity index (χ4n) is 3.64. The molecule has 0 saturated heterocycles. The van der Waals surface area contributed by atoms with Crippen LogP contribution in [0.2, 0.25) is 0 Å². The number of benzene rings is 2. The van der Waals surface area contributed by atoms with E-state index in [9.17, 15) is 4.79 Å². The first-order valence-corrected chi connectivity index (χ1v) is 11.3. The van der Waals surface area contributed by atoms with E-state index in [1.165, 1.54) is 6.26 Å². The third kappa shape index (κ3) is 6.82. The zero-order valence-corrected chi connectivity index (χ0v) is 20.6. The summed E-state index contributed by atoms with van der Waals surface area (Å²) in [4.78, 5) is 21.1. The first-order chi connectivity index (χ1) is 16.4. The van der Waals surface area contributed by atoms with Crippen molar-refractivity contribution in [2.24, 2.45) is 0 Å². The molecule has 0 aliphatic carbocycles. The summed E-state index contributed by atoms with van der Waals surface area (Å²) < 4.78 is 16.7. The molecular weight excluding hydrogens is 432 g/mol. The molecule has 182 valence electrons. The lowest BCUT2D eigenvalue weighted by Crippen LogP contribution is -2.31. The Balaban J connectivity index is 1.82. The molecule has 0 bridgehead atoms. The summed E-state index contributed by atoms with van der Waals surface area (Å²) in [6, 6.07) is 16.1. The van der Waals surface area contributed by atoms with E-state index in [1.807, 2.05) is 55.4 Å². The molecule has 0 aliphatic rings. The molecule has 2 aromatic carbocycles.